The van der Waals surface area contributed by atoms with Gasteiger partial charge in [-0.15, -0.1) is 10.2 Å². The average Bonchev–Trinajstić information content (AvgIpc) is 3.12. The molecule has 3 rings (SSSR count). The SMILES string of the molecule is COc1cnc(C)cc1C(=O)N1CCN(c2nnc(C(F)(F)F)s2)CC1. The fraction of sp³-hybridized carbons (Fsp3) is 0.467. The molecule has 26 heavy (non-hydrogen) atoms. The first-order valence-electron chi connectivity index (χ1n) is 7.75. The number of anilines is 1. The summed E-state index contributed by atoms with van der Waals surface area (Å²) in [4.78, 5) is 20.2. The number of alkyl halides is 3. The van der Waals surface area contributed by atoms with Crippen LogP contribution in [0.4, 0.5) is 18.3 Å². The first-order chi connectivity index (χ1) is 12.3. The minimum atomic E-state index is -4.50. The van der Waals surface area contributed by atoms with E-state index in [1.807, 2.05) is 0 Å². The minimum Gasteiger partial charge on any atom is -0.494 e. The average molecular weight is 387 g/mol. The van der Waals surface area contributed by atoms with Gasteiger partial charge in [0.25, 0.3) is 5.91 Å². The molecule has 7 nitrogen and oxygen atoms in total. The molecule has 0 bridgehead atoms. The molecule has 11 heteroatoms. The number of pyridine rings is 1. The van der Waals surface area contributed by atoms with Gasteiger partial charge in [0.2, 0.25) is 10.1 Å². The molecule has 0 N–H and O–H groups in total. The molecule has 2 aromatic rings. The second kappa shape index (κ2) is 7.06. The van der Waals surface area contributed by atoms with Crippen LogP contribution in [0.2, 0.25) is 0 Å². The van der Waals surface area contributed by atoms with Gasteiger partial charge in [-0.1, -0.05) is 11.3 Å². The van der Waals surface area contributed by atoms with Crippen molar-refractivity contribution in [3.05, 3.63) is 28.5 Å². The van der Waals surface area contributed by atoms with Gasteiger partial charge in [0.05, 0.1) is 18.9 Å². The summed E-state index contributed by atoms with van der Waals surface area (Å²) < 4.78 is 43.1. The van der Waals surface area contributed by atoms with Gasteiger partial charge in [0.15, 0.2) is 0 Å². The lowest BCUT2D eigenvalue weighted by molar-refractivity contribution is -0.138. The Morgan fingerprint density at radius 2 is 1.92 bits per heavy atom. The third kappa shape index (κ3) is 3.71. The monoisotopic (exact) mass is 387 g/mol. The van der Waals surface area contributed by atoms with E-state index in [1.165, 1.54) is 13.3 Å². The van der Waals surface area contributed by atoms with E-state index in [0.717, 1.165) is 0 Å². The normalized spacial score (nSPS) is 15.3. The predicted octanol–water partition coefficient (Wildman–Crippen LogP) is 2.23. The van der Waals surface area contributed by atoms with Crippen molar-refractivity contribution in [1.29, 1.82) is 0 Å². The van der Waals surface area contributed by atoms with Crippen LogP contribution in [0.1, 0.15) is 21.1 Å². The van der Waals surface area contributed by atoms with Gasteiger partial charge in [-0.25, -0.2) is 0 Å². The number of amides is 1. The number of aromatic nitrogens is 3. The van der Waals surface area contributed by atoms with Gasteiger partial charge < -0.3 is 14.5 Å². The smallest absolute Gasteiger partial charge is 0.445 e. The molecule has 0 radical (unpaired) electrons. The van der Waals surface area contributed by atoms with Crippen LogP contribution in [0.3, 0.4) is 0 Å². The third-order valence-corrected chi connectivity index (χ3v) is 4.98. The van der Waals surface area contributed by atoms with Gasteiger partial charge in [0.1, 0.15) is 5.75 Å². The maximum absolute atomic E-state index is 12.7. The Balaban J connectivity index is 1.68. The Morgan fingerprint density at radius 3 is 2.50 bits per heavy atom. The summed E-state index contributed by atoms with van der Waals surface area (Å²) in [5, 5.41) is 6.05. The van der Waals surface area contributed by atoms with Crippen LogP contribution in [-0.4, -0.2) is 59.3 Å². The lowest BCUT2D eigenvalue weighted by Gasteiger charge is -2.34. The molecule has 1 amide bonds. The number of hydrogen-bond acceptors (Lipinski definition) is 7. The molecule has 1 aliphatic heterocycles. The van der Waals surface area contributed by atoms with Crippen LogP contribution < -0.4 is 9.64 Å². The van der Waals surface area contributed by atoms with E-state index < -0.39 is 11.2 Å². The van der Waals surface area contributed by atoms with Crippen LogP contribution in [0.15, 0.2) is 12.3 Å². The van der Waals surface area contributed by atoms with E-state index in [2.05, 4.69) is 15.2 Å². The topological polar surface area (TPSA) is 71.5 Å². The standard InChI is InChI=1S/C15H16F3N5O2S/c1-9-7-10(11(25-2)8-19-9)12(24)22-3-5-23(6-4-22)14-21-20-13(26-14)15(16,17)18/h7-8H,3-6H2,1-2H3. The van der Waals surface area contributed by atoms with Crippen molar-refractivity contribution in [3.63, 3.8) is 0 Å². The fourth-order valence-electron chi connectivity index (χ4n) is 2.61. The van der Waals surface area contributed by atoms with Gasteiger partial charge in [-0.05, 0) is 13.0 Å². The number of aryl methyl sites for hydroxylation is 1. The summed E-state index contributed by atoms with van der Waals surface area (Å²) >= 11 is 0.507. The molecule has 0 atom stereocenters. The van der Waals surface area contributed by atoms with Crippen LogP contribution in [0.5, 0.6) is 5.75 Å². The quantitative estimate of drug-likeness (QED) is 0.804. The fourth-order valence-corrected chi connectivity index (χ4v) is 3.37. The number of carbonyl (C=O) groups is 1. The summed E-state index contributed by atoms with van der Waals surface area (Å²) in [6.45, 7) is 3.27. The summed E-state index contributed by atoms with van der Waals surface area (Å²) in [7, 11) is 1.47. The number of carbonyl (C=O) groups excluding carboxylic acids is 1. The zero-order valence-electron chi connectivity index (χ0n) is 14.1. The lowest BCUT2D eigenvalue weighted by Crippen LogP contribution is -2.48. The van der Waals surface area contributed by atoms with Crippen LogP contribution in [0, 0.1) is 6.92 Å². The number of hydrogen-bond donors (Lipinski definition) is 0. The van der Waals surface area contributed by atoms with E-state index in [0.29, 0.717) is 54.5 Å². The molecule has 0 aliphatic carbocycles. The third-order valence-electron chi connectivity index (χ3n) is 3.95. The predicted molar refractivity (Wildman–Crippen MR) is 88.6 cm³/mol. The highest BCUT2D eigenvalue weighted by molar-refractivity contribution is 7.15. The van der Waals surface area contributed by atoms with Gasteiger partial charge in [-0.3, -0.25) is 9.78 Å². The maximum Gasteiger partial charge on any atom is 0.445 e. The van der Waals surface area contributed by atoms with Crippen molar-refractivity contribution < 1.29 is 22.7 Å². The molecule has 1 fully saturated rings. The molecule has 0 saturated carbocycles. The number of rotatable bonds is 3. The molecule has 0 unspecified atom stereocenters. The molecular weight excluding hydrogens is 371 g/mol. The van der Waals surface area contributed by atoms with Gasteiger partial charge in [0, 0.05) is 31.9 Å². The van der Waals surface area contributed by atoms with Crippen LogP contribution in [-0.2, 0) is 6.18 Å². The number of piperazine rings is 1. The highest BCUT2D eigenvalue weighted by Crippen LogP contribution is 2.34. The first-order valence-corrected chi connectivity index (χ1v) is 8.57. The Kier molecular flexibility index (Phi) is 4.99. The zero-order chi connectivity index (χ0) is 18.9. The highest BCUT2D eigenvalue weighted by atomic mass is 32.1. The molecule has 3 heterocycles. The van der Waals surface area contributed by atoms with Crippen molar-refractivity contribution in [2.45, 2.75) is 13.1 Å². The first kappa shape index (κ1) is 18.4. The Morgan fingerprint density at radius 1 is 1.23 bits per heavy atom. The lowest BCUT2D eigenvalue weighted by atomic mass is 10.1. The Hall–Kier alpha value is -2.43. The second-order valence-corrected chi connectivity index (χ2v) is 6.65. The molecular formula is C15H16F3N5O2S. The van der Waals surface area contributed by atoms with E-state index >= 15 is 0 Å². The summed E-state index contributed by atoms with van der Waals surface area (Å²) in [6, 6.07) is 1.66. The molecule has 2 aromatic heterocycles. The Labute approximate surface area is 151 Å². The minimum absolute atomic E-state index is 0.194. The largest absolute Gasteiger partial charge is 0.494 e. The molecule has 0 spiro atoms. The molecule has 140 valence electrons. The van der Waals surface area contributed by atoms with Crippen molar-refractivity contribution >= 4 is 22.4 Å². The van der Waals surface area contributed by atoms with E-state index in [4.69, 9.17) is 4.74 Å². The van der Waals surface area contributed by atoms with E-state index in [1.54, 1.807) is 22.8 Å². The molecule has 1 saturated heterocycles. The van der Waals surface area contributed by atoms with E-state index in [-0.39, 0.29) is 11.0 Å². The second-order valence-electron chi connectivity index (χ2n) is 5.69. The summed E-state index contributed by atoms with van der Waals surface area (Å²) in [5.41, 5.74) is 1.12. The van der Waals surface area contributed by atoms with Gasteiger partial charge in [-0.2, -0.15) is 13.2 Å². The molecule has 0 aromatic carbocycles. The number of halogens is 3. The van der Waals surface area contributed by atoms with Crippen molar-refractivity contribution in [2.24, 2.45) is 0 Å². The van der Waals surface area contributed by atoms with Gasteiger partial charge >= 0.3 is 6.18 Å². The van der Waals surface area contributed by atoms with Crippen molar-refractivity contribution in [1.82, 2.24) is 20.1 Å². The maximum atomic E-state index is 12.7. The number of methoxy groups -OCH3 is 1. The molecule has 1 aliphatic rings. The van der Waals surface area contributed by atoms with E-state index in [9.17, 15) is 18.0 Å². The summed E-state index contributed by atoms with van der Waals surface area (Å²) in [6.07, 6.45) is -3.00. The van der Waals surface area contributed by atoms with Crippen molar-refractivity contribution in [3.8, 4) is 5.75 Å². The Bertz CT molecular complexity index is 803. The summed E-state index contributed by atoms with van der Waals surface area (Å²) in [5.74, 6) is 0.196. The zero-order valence-corrected chi connectivity index (χ0v) is 14.9. The number of ether oxygens (including phenoxy) is 1. The van der Waals surface area contributed by atoms with Crippen LogP contribution >= 0.6 is 11.3 Å². The number of nitrogens with zero attached hydrogens (tertiary/aromatic N) is 5. The van der Waals surface area contributed by atoms with Crippen LogP contribution in [0.25, 0.3) is 0 Å². The van der Waals surface area contributed by atoms with Crippen molar-refractivity contribution in [2.75, 3.05) is 38.2 Å². The highest BCUT2D eigenvalue weighted by Gasteiger charge is 2.36.